The molecule has 6 heteroatoms. The van der Waals surface area contributed by atoms with E-state index in [1.807, 2.05) is 36.4 Å². The van der Waals surface area contributed by atoms with Gasteiger partial charge in [-0.1, -0.05) is 30.3 Å². The number of nitriles is 1. The molecule has 0 aliphatic heterocycles. The number of nitrogens with zero attached hydrogens (tertiary/aromatic N) is 3. The van der Waals surface area contributed by atoms with E-state index >= 15 is 0 Å². The minimum atomic E-state index is -0.578. The van der Waals surface area contributed by atoms with Gasteiger partial charge in [-0.05, 0) is 24.5 Å². The minimum Gasteiger partial charge on any atom is -0.364 e. The number of nitrogens with one attached hydrogen (secondary N) is 1. The lowest BCUT2D eigenvalue weighted by Gasteiger charge is -2.06. The van der Waals surface area contributed by atoms with E-state index in [9.17, 15) is 10.1 Å². The normalized spacial score (nSPS) is 9.86. The van der Waals surface area contributed by atoms with Crippen LogP contribution in [0, 0.1) is 21.4 Å². The average Bonchev–Trinajstić information content (AvgIpc) is 2.52. The molecule has 1 N–H and O–H groups in total. The molecule has 0 fully saturated rings. The van der Waals surface area contributed by atoms with E-state index in [-0.39, 0.29) is 17.1 Å². The summed E-state index contributed by atoms with van der Waals surface area (Å²) in [4.78, 5) is 14.4. The molecule has 21 heavy (non-hydrogen) atoms. The highest BCUT2D eigenvalue weighted by Crippen LogP contribution is 2.25. The Labute approximate surface area is 122 Å². The predicted octanol–water partition coefficient (Wildman–Crippen LogP) is 2.91. The minimum absolute atomic E-state index is 0.0144. The quantitative estimate of drug-likeness (QED) is 0.499. The number of hydrogen-bond donors (Lipinski definition) is 1. The van der Waals surface area contributed by atoms with Gasteiger partial charge >= 0.3 is 5.69 Å². The van der Waals surface area contributed by atoms with Crippen molar-refractivity contribution in [3.05, 3.63) is 63.8 Å². The Morgan fingerprint density at radius 2 is 2.05 bits per heavy atom. The van der Waals surface area contributed by atoms with E-state index in [1.54, 1.807) is 0 Å². The molecule has 0 atom stereocenters. The third-order valence-electron chi connectivity index (χ3n) is 3.00. The molecule has 1 heterocycles. The zero-order valence-electron chi connectivity index (χ0n) is 11.3. The molecule has 6 nitrogen and oxygen atoms in total. The molecule has 2 aromatic rings. The van der Waals surface area contributed by atoms with Gasteiger partial charge in [-0.3, -0.25) is 10.1 Å². The van der Waals surface area contributed by atoms with E-state index in [1.165, 1.54) is 17.8 Å². The van der Waals surface area contributed by atoms with Gasteiger partial charge in [0.2, 0.25) is 5.82 Å². The highest BCUT2D eigenvalue weighted by molar-refractivity contribution is 5.63. The Kier molecular flexibility index (Phi) is 4.83. The molecule has 0 bridgehead atoms. The summed E-state index contributed by atoms with van der Waals surface area (Å²) in [6.45, 7) is 0.553. The third kappa shape index (κ3) is 3.76. The second-order valence-corrected chi connectivity index (χ2v) is 4.44. The summed E-state index contributed by atoms with van der Waals surface area (Å²) in [5, 5.41) is 22.9. The molecule has 0 spiro atoms. The molecule has 0 amide bonds. The second kappa shape index (κ2) is 7.01. The van der Waals surface area contributed by atoms with Gasteiger partial charge in [0.25, 0.3) is 0 Å². The summed E-state index contributed by atoms with van der Waals surface area (Å²) in [6, 6.07) is 13.1. The molecule has 0 saturated heterocycles. The fourth-order valence-corrected chi connectivity index (χ4v) is 2.00. The first-order chi connectivity index (χ1) is 10.2. The maximum atomic E-state index is 11.0. The van der Waals surface area contributed by atoms with Gasteiger partial charge in [-0.25, -0.2) is 4.98 Å². The number of benzene rings is 1. The van der Waals surface area contributed by atoms with Crippen LogP contribution >= 0.6 is 0 Å². The summed E-state index contributed by atoms with van der Waals surface area (Å²) < 4.78 is 0. The summed E-state index contributed by atoms with van der Waals surface area (Å²) in [6.07, 6.45) is 3.09. The van der Waals surface area contributed by atoms with Gasteiger partial charge in [-0.15, -0.1) is 0 Å². The zero-order chi connectivity index (χ0) is 15.1. The van der Waals surface area contributed by atoms with E-state index in [0.717, 1.165) is 12.8 Å². The molecule has 0 unspecified atom stereocenters. The van der Waals surface area contributed by atoms with Crippen LogP contribution in [0.2, 0.25) is 0 Å². The van der Waals surface area contributed by atoms with Crippen LogP contribution in [-0.4, -0.2) is 16.5 Å². The lowest BCUT2D eigenvalue weighted by atomic mass is 10.1. The molecule has 0 radical (unpaired) electrons. The Hall–Kier alpha value is -2.94. The van der Waals surface area contributed by atoms with Crippen molar-refractivity contribution in [2.24, 2.45) is 0 Å². The number of pyridine rings is 1. The van der Waals surface area contributed by atoms with E-state index in [4.69, 9.17) is 5.26 Å². The number of aryl methyl sites for hydroxylation is 1. The van der Waals surface area contributed by atoms with E-state index in [0.29, 0.717) is 6.54 Å². The SMILES string of the molecule is N#Cc1ccnc(NCCCc2ccccc2)c1[N+](=O)[O-]. The van der Waals surface area contributed by atoms with Gasteiger partial charge in [0.15, 0.2) is 0 Å². The van der Waals surface area contributed by atoms with Gasteiger partial charge in [0.1, 0.15) is 11.6 Å². The maximum absolute atomic E-state index is 11.0. The van der Waals surface area contributed by atoms with Gasteiger partial charge in [-0.2, -0.15) is 5.26 Å². The van der Waals surface area contributed by atoms with E-state index in [2.05, 4.69) is 10.3 Å². The van der Waals surface area contributed by atoms with Gasteiger partial charge < -0.3 is 5.32 Å². The van der Waals surface area contributed by atoms with Crippen LogP contribution in [0.4, 0.5) is 11.5 Å². The van der Waals surface area contributed by atoms with Crippen LogP contribution in [0.25, 0.3) is 0 Å². The Morgan fingerprint density at radius 1 is 1.29 bits per heavy atom. The molecule has 1 aromatic carbocycles. The first-order valence-electron chi connectivity index (χ1n) is 6.53. The van der Waals surface area contributed by atoms with Crippen LogP contribution in [0.15, 0.2) is 42.6 Å². The van der Waals surface area contributed by atoms with Crippen molar-refractivity contribution < 1.29 is 4.92 Å². The summed E-state index contributed by atoms with van der Waals surface area (Å²) >= 11 is 0. The van der Waals surface area contributed by atoms with Crippen molar-refractivity contribution in [3.8, 4) is 6.07 Å². The van der Waals surface area contributed by atoms with Crippen LogP contribution in [-0.2, 0) is 6.42 Å². The number of anilines is 1. The molecular formula is C15H14N4O2. The number of nitro groups is 1. The van der Waals surface area contributed by atoms with Crippen LogP contribution in [0.3, 0.4) is 0 Å². The fraction of sp³-hybridized carbons (Fsp3) is 0.200. The second-order valence-electron chi connectivity index (χ2n) is 4.44. The molecule has 0 aliphatic rings. The first-order valence-corrected chi connectivity index (χ1v) is 6.53. The Bertz CT molecular complexity index is 665. The maximum Gasteiger partial charge on any atom is 0.328 e. The van der Waals surface area contributed by atoms with Crippen LogP contribution in [0.1, 0.15) is 17.5 Å². The van der Waals surface area contributed by atoms with Crippen molar-refractivity contribution in [3.63, 3.8) is 0 Å². The average molecular weight is 282 g/mol. The van der Waals surface area contributed by atoms with Crippen molar-refractivity contribution in [2.45, 2.75) is 12.8 Å². The molecule has 2 rings (SSSR count). The Balaban J connectivity index is 1.98. The van der Waals surface area contributed by atoms with Crippen molar-refractivity contribution in [1.82, 2.24) is 4.98 Å². The lowest BCUT2D eigenvalue weighted by Crippen LogP contribution is -2.08. The molecule has 0 aliphatic carbocycles. The molecule has 1 aromatic heterocycles. The van der Waals surface area contributed by atoms with Crippen molar-refractivity contribution in [2.75, 3.05) is 11.9 Å². The van der Waals surface area contributed by atoms with E-state index < -0.39 is 4.92 Å². The number of hydrogen-bond acceptors (Lipinski definition) is 5. The summed E-state index contributed by atoms with van der Waals surface area (Å²) in [5.41, 5.74) is 0.966. The topological polar surface area (TPSA) is 91.8 Å². The van der Waals surface area contributed by atoms with Crippen LogP contribution < -0.4 is 5.32 Å². The highest BCUT2D eigenvalue weighted by atomic mass is 16.6. The highest BCUT2D eigenvalue weighted by Gasteiger charge is 2.20. The molecule has 106 valence electrons. The van der Waals surface area contributed by atoms with Crippen molar-refractivity contribution in [1.29, 1.82) is 5.26 Å². The zero-order valence-corrected chi connectivity index (χ0v) is 11.3. The fourth-order valence-electron chi connectivity index (χ4n) is 2.00. The Morgan fingerprint density at radius 3 is 2.71 bits per heavy atom. The lowest BCUT2D eigenvalue weighted by molar-refractivity contribution is -0.384. The third-order valence-corrected chi connectivity index (χ3v) is 3.00. The predicted molar refractivity (Wildman–Crippen MR) is 78.9 cm³/mol. The summed E-state index contributed by atoms with van der Waals surface area (Å²) in [5.74, 6) is 0.145. The first kappa shape index (κ1) is 14.5. The number of aromatic nitrogens is 1. The van der Waals surface area contributed by atoms with Gasteiger partial charge in [0, 0.05) is 12.7 Å². The standard InChI is InChI=1S/C15H14N4O2/c16-11-13-8-10-18-15(14(13)19(20)21)17-9-4-7-12-5-2-1-3-6-12/h1-3,5-6,8,10H,4,7,9H2,(H,17,18). The summed E-state index contributed by atoms with van der Waals surface area (Å²) in [7, 11) is 0. The van der Waals surface area contributed by atoms with Gasteiger partial charge in [0.05, 0.1) is 4.92 Å². The number of rotatable bonds is 6. The molecule has 0 saturated carbocycles. The molecular weight excluding hydrogens is 268 g/mol. The van der Waals surface area contributed by atoms with Crippen molar-refractivity contribution >= 4 is 11.5 Å². The van der Waals surface area contributed by atoms with Crippen LogP contribution in [0.5, 0.6) is 0 Å². The largest absolute Gasteiger partial charge is 0.364 e. The monoisotopic (exact) mass is 282 g/mol. The smallest absolute Gasteiger partial charge is 0.328 e.